The Balaban J connectivity index is 2.06. The van der Waals surface area contributed by atoms with Gasteiger partial charge in [-0.25, -0.2) is 9.18 Å². The third-order valence-electron chi connectivity index (χ3n) is 3.93. The van der Waals surface area contributed by atoms with Gasteiger partial charge in [0.2, 0.25) is 0 Å². The van der Waals surface area contributed by atoms with Gasteiger partial charge >= 0.3 is 6.09 Å². The van der Waals surface area contributed by atoms with Crippen molar-refractivity contribution in [2.75, 3.05) is 13.1 Å². The van der Waals surface area contributed by atoms with E-state index >= 15 is 0 Å². The number of likely N-dealkylation sites (tertiary alicyclic amines) is 1. The highest BCUT2D eigenvalue weighted by atomic mass is 79.9. The summed E-state index contributed by atoms with van der Waals surface area (Å²) in [6.45, 7) is 6.29. The van der Waals surface area contributed by atoms with Crippen molar-refractivity contribution >= 4 is 27.9 Å². The molecule has 1 atom stereocenters. The van der Waals surface area contributed by atoms with Gasteiger partial charge in [-0.3, -0.25) is 4.79 Å². The Bertz CT molecular complexity index is 646. The molecule has 0 spiro atoms. The van der Waals surface area contributed by atoms with E-state index in [1.54, 1.807) is 25.7 Å². The summed E-state index contributed by atoms with van der Waals surface area (Å²) >= 11 is 3.31. The number of ether oxygens (including phenoxy) is 1. The standard InChI is InChI=1S/C18H24BrFN2O3/c1-18(2,3)25-17(24)21-11-13-6-4-5-9-22(13)16(23)14-10-12(20)7-8-15(14)19/h7-8,10,13H,4-6,9,11H2,1-3H3,(H,21,24). The molecule has 1 heterocycles. The molecule has 1 aliphatic rings. The van der Waals surface area contributed by atoms with E-state index in [2.05, 4.69) is 21.2 Å². The Hall–Kier alpha value is -1.63. The molecule has 7 heteroatoms. The summed E-state index contributed by atoms with van der Waals surface area (Å²) < 4.78 is 19.3. The lowest BCUT2D eigenvalue weighted by atomic mass is 10.0. The van der Waals surface area contributed by atoms with E-state index in [1.165, 1.54) is 18.2 Å². The van der Waals surface area contributed by atoms with Crippen LogP contribution >= 0.6 is 15.9 Å². The lowest BCUT2D eigenvalue weighted by Gasteiger charge is -2.36. The first kappa shape index (κ1) is 19.7. The number of alkyl carbamates (subject to hydrolysis) is 1. The SMILES string of the molecule is CC(C)(C)OC(=O)NCC1CCCCN1C(=O)c1cc(F)ccc1Br. The molecule has 1 saturated heterocycles. The Morgan fingerprint density at radius 3 is 2.76 bits per heavy atom. The molecule has 1 N–H and O–H groups in total. The van der Waals surface area contributed by atoms with Gasteiger partial charge in [-0.05, 0) is 74.2 Å². The molecule has 1 aliphatic heterocycles. The van der Waals surface area contributed by atoms with Crippen LogP contribution in [-0.4, -0.2) is 41.6 Å². The van der Waals surface area contributed by atoms with Crippen LogP contribution in [0.25, 0.3) is 0 Å². The van der Waals surface area contributed by atoms with E-state index in [9.17, 15) is 14.0 Å². The first-order chi connectivity index (χ1) is 11.7. The molecule has 0 bridgehead atoms. The highest BCUT2D eigenvalue weighted by molar-refractivity contribution is 9.10. The number of hydrogen-bond acceptors (Lipinski definition) is 3. The van der Waals surface area contributed by atoms with Crippen LogP contribution in [0.1, 0.15) is 50.4 Å². The number of hydrogen-bond donors (Lipinski definition) is 1. The topological polar surface area (TPSA) is 58.6 Å². The van der Waals surface area contributed by atoms with E-state index in [-0.39, 0.29) is 11.9 Å². The maximum atomic E-state index is 13.5. The van der Waals surface area contributed by atoms with Crippen LogP contribution in [0.2, 0.25) is 0 Å². The molecule has 1 unspecified atom stereocenters. The van der Waals surface area contributed by atoms with Gasteiger partial charge in [-0.2, -0.15) is 0 Å². The summed E-state index contributed by atoms with van der Waals surface area (Å²) in [7, 11) is 0. The number of halogens is 2. The average molecular weight is 415 g/mol. The third-order valence-corrected chi connectivity index (χ3v) is 4.62. The van der Waals surface area contributed by atoms with E-state index in [0.717, 1.165) is 19.3 Å². The maximum absolute atomic E-state index is 13.5. The minimum atomic E-state index is -0.571. The van der Waals surface area contributed by atoms with E-state index in [1.807, 2.05) is 0 Å². The molecular formula is C18H24BrFN2O3. The van der Waals surface area contributed by atoms with Crippen LogP contribution in [0.5, 0.6) is 0 Å². The third kappa shape index (κ3) is 5.70. The molecule has 1 aromatic rings. The van der Waals surface area contributed by atoms with Crippen molar-refractivity contribution in [1.29, 1.82) is 0 Å². The lowest BCUT2D eigenvalue weighted by molar-refractivity contribution is 0.0462. The van der Waals surface area contributed by atoms with Gasteiger partial charge in [-0.15, -0.1) is 0 Å². The first-order valence-electron chi connectivity index (χ1n) is 8.40. The fourth-order valence-electron chi connectivity index (χ4n) is 2.81. The van der Waals surface area contributed by atoms with Crippen LogP contribution in [0, 0.1) is 5.82 Å². The van der Waals surface area contributed by atoms with Gasteiger partial charge in [0.25, 0.3) is 5.91 Å². The van der Waals surface area contributed by atoms with Gasteiger partial charge < -0.3 is 15.0 Å². The zero-order valence-corrected chi connectivity index (χ0v) is 16.4. The summed E-state index contributed by atoms with van der Waals surface area (Å²) in [6.07, 6.45) is 2.16. The molecule has 0 aromatic heterocycles. The molecule has 25 heavy (non-hydrogen) atoms. The molecule has 0 radical (unpaired) electrons. The number of rotatable bonds is 3. The fraction of sp³-hybridized carbons (Fsp3) is 0.556. The molecule has 1 fully saturated rings. The summed E-state index contributed by atoms with van der Waals surface area (Å²) in [4.78, 5) is 26.4. The number of nitrogens with one attached hydrogen (secondary N) is 1. The molecule has 2 amide bonds. The molecule has 0 saturated carbocycles. The second-order valence-electron chi connectivity index (χ2n) is 7.16. The van der Waals surface area contributed by atoms with Crippen LogP contribution in [0.15, 0.2) is 22.7 Å². The normalized spacial score (nSPS) is 18.0. The minimum Gasteiger partial charge on any atom is -0.444 e. The lowest BCUT2D eigenvalue weighted by Crippen LogP contribution is -2.50. The van der Waals surface area contributed by atoms with Crippen molar-refractivity contribution in [2.24, 2.45) is 0 Å². The second-order valence-corrected chi connectivity index (χ2v) is 8.01. The molecule has 2 rings (SSSR count). The van der Waals surface area contributed by atoms with Crippen LogP contribution < -0.4 is 5.32 Å². The Morgan fingerprint density at radius 2 is 2.08 bits per heavy atom. The number of carbonyl (C=O) groups is 2. The summed E-state index contributed by atoms with van der Waals surface area (Å²) in [5.41, 5.74) is -0.275. The second kappa shape index (κ2) is 8.17. The van der Waals surface area contributed by atoms with Crippen molar-refractivity contribution in [1.82, 2.24) is 10.2 Å². The Morgan fingerprint density at radius 1 is 1.36 bits per heavy atom. The number of nitrogens with zero attached hydrogens (tertiary/aromatic N) is 1. The predicted octanol–water partition coefficient (Wildman–Crippen LogP) is 4.11. The molecule has 5 nitrogen and oxygen atoms in total. The molecular weight excluding hydrogens is 391 g/mol. The number of carbonyl (C=O) groups excluding carboxylic acids is 2. The van der Waals surface area contributed by atoms with Crippen molar-refractivity contribution in [3.63, 3.8) is 0 Å². The minimum absolute atomic E-state index is 0.135. The molecule has 138 valence electrons. The largest absolute Gasteiger partial charge is 0.444 e. The van der Waals surface area contributed by atoms with Crippen LogP contribution in [0.4, 0.5) is 9.18 Å². The van der Waals surface area contributed by atoms with E-state index in [0.29, 0.717) is 23.1 Å². The monoisotopic (exact) mass is 414 g/mol. The average Bonchev–Trinajstić information content (AvgIpc) is 2.53. The number of piperidine rings is 1. The van der Waals surface area contributed by atoms with E-state index in [4.69, 9.17) is 4.74 Å². The maximum Gasteiger partial charge on any atom is 0.407 e. The zero-order valence-electron chi connectivity index (χ0n) is 14.8. The van der Waals surface area contributed by atoms with Crippen LogP contribution in [-0.2, 0) is 4.74 Å². The Kier molecular flexibility index (Phi) is 6.43. The van der Waals surface area contributed by atoms with Gasteiger partial charge in [0.1, 0.15) is 11.4 Å². The molecule has 1 aromatic carbocycles. The van der Waals surface area contributed by atoms with Crippen molar-refractivity contribution in [2.45, 2.75) is 51.7 Å². The highest BCUT2D eigenvalue weighted by Gasteiger charge is 2.29. The van der Waals surface area contributed by atoms with Gasteiger partial charge in [-0.1, -0.05) is 0 Å². The van der Waals surface area contributed by atoms with Gasteiger partial charge in [0.15, 0.2) is 0 Å². The Labute approximate surface area is 156 Å². The van der Waals surface area contributed by atoms with Crippen molar-refractivity contribution in [3.05, 3.63) is 34.1 Å². The van der Waals surface area contributed by atoms with Gasteiger partial charge in [0, 0.05) is 23.6 Å². The summed E-state index contributed by atoms with van der Waals surface area (Å²) in [5.74, 6) is -0.686. The summed E-state index contributed by atoms with van der Waals surface area (Å²) in [5, 5.41) is 2.73. The highest BCUT2D eigenvalue weighted by Crippen LogP contribution is 2.24. The van der Waals surface area contributed by atoms with Gasteiger partial charge in [0.05, 0.1) is 5.56 Å². The fourth-order valence-corrected chi connectivity index (χ4v) is 3.23. The summed E-state index contributed by atoms with van der Waals surface area (Å²) in [6, 6.07) is 3.93. The zero-order chi connectivity index (χ0) is 18.6. The van der Waals surface area contributed by atoms with Crippen molar-refractivity contribution in [3.8, 4) is 0 Å². The number of amides is 2. The van der Waals surface area contributed by atoms with Crippen molar-refractivity contribution < 1.29 is 18.7 Å². The van der Waals surface area contributed by atoms with Crippen LogP contribution in [0.3, 0.4) is 0 Å². The quantitative estimate of drug-likeness (QED) is 0.809. The smallest absolute Gasteiger partial charge is 0.407 e. The first-order valence-corrected chi connectivity index (χ1v) is 9.19. The molecule has 0 aliphatic carbocycles. The number of benzene rings is 1. The van der Waals surface area contributed by atoms with E-state index < -0.39 is 17.5 Å². The predicted molar refractivity (Wildman–Crippen MR) is 97.0 cm³/mol.